The van der Waals surface area contributed by atoms with Crippen LogP contribution in [0.3, 0.4) is 0 Å². The van der Waals surface area contributed by atoms with Crippen molar-refractivity contribution in [2.75, 3.05) is 26.7 Å². The minimum atomic E-state index is 0.0127. The molecule has 3 nitrogen and oxygen atoms in total. The molecule has 0 spiro atoms. The SMILES string of the molecule is CN1CCN=C([O-])C1. The lowest BCUT2D eigenvalue weighted by atomic mass is 10.4. The van der Waals surface area contributed by atoms with E-state index in [2.05, 4.69) is 4.99 Å². The summed E-state index contributed by atoms with van der Waals surface area (Å²) < 4.78 is 0. The number of rotatable bonds is 0. The topological polar surface area (TPSA) is 38.7 Å². The predicted octanol–water partition coefficient (Wildman–Crippen LogP) is -1.31. The van der Waals surface area contributed by atoms with Crippen LogP contribution in [0.1, 0.15) is 0 Å². The van der Waals surface area contributed by atoms with Crippen molar-refractivity contribution in [1.29, 1.82) is 0 Å². The van der Waals surface area contributed by atoms with E-state index in [4.69, 9.17) is 0 Å². The van der Waals surface area contributed by atoms with Crippen molar-refractivity contribution in [1.82, 2.24) is 4.90 Å². The maximum Gasteiger partial charge on any atom is 0.0506 e. The van der Waals surface area contributed by atoms with Crippen LogP contribution >= 0.6 is 0 Å². The highest BCUT2D eigenvalue weighted by Crippen LogP contribution is 1.88. The summed E-state index contributed by atoms with van der Waals surface area (Å²) in [4.78, 5) is 5.67. The van der Waals surface area contributed by atoms with E-state index >= 15 is 0 Å². The van der Waals surface area contributed by atoms with Gasteiger partial charge in [-0.2, -0.15) is 0 Å². The van der Waals surface area contributed by atoms with E-state index in [1.165, 1.54) is 0 Å². The van der Waals surface area contributed by atoms with E-state index in [0.717, 1.165) is 6.54 Å². The van der Waals surface area contributed by atoms with Gasteiger partial charge in [-0.05, 0) is 12.9 Å². The maximum atomic E-state index is 10.5. The molecule has 0 radical (unpaired) electrons. The molecule has 0 amide bonds. The van der Waals surface area contributed by atoms with Crippen LogP contribution in [0.5, 0.6) is 0 Å². The summed E-state index contributed by atoms with van der Waals surface area (Å²) in [7, 11) is 1.92. The third kappa shape index (κ3) is 1.20. The van der Waals surface area contributed by atoms with Gasteiger partial charge in [-0.3, -0.25) is 4.90 Å². The molecule has 0 N–H and O–H groups in total. The molecule has 0 atom stereocenters. The Morgan fingerprint density at radius 3 is 2.88 bits per heavy atom. The third-order valence-corrected chi connectivity index (χ3v) is 1.18. The van der Waals surface area contributed by atoms with Crippen LogP contribution < -0.4 is 5.11 Å². The first-order valence-electron chi connectivity index (χ1n) is 2.68. The van der Waals surface area contributed by atoms with E-state index in [-0.39, 0.29) is 5.90 Å². The van der Waals surface area contributed by atoms with Crippen molar-refractivity contribution >= 4 is 5.90 Å². The molecule has 0 aromatic rings. The van der Waals surface area contributed by atoms with Gasteiger partial charge >= 0.3 is 0 Å². The quantitative estimate of drug-likeness (QED) is 0.391. The summed E-state index contributed by atoms with van der Waals surface area (Å²) >= 11 is 0. The highest BCUT2D eigenvalue weighted by atomic mass is 16.3. The number of nitrogens with zero attached hydrogens (tertiary/aromatic N) is 2. The molecule has 0 aromatic heterocycles. The average molecular weight is 113 g/mol. The van der Waals surface area contributed by atoms with Gasteiger partial charge in [0, 0.05) is 13.1 Å². The second kappa shape index (κ2) is 2.13. The van der Waals surface area contributed by atoms with E-state index in [0.29, 0.717) is 13.1 Å². The van der Waals surface area contributed by atoms with E-state index in [1.807, 2.05) is 11.9 Å². The fourth-order valence-corrected chi connectivity index (χ4v) is 0.705. The molecule has 0 aromatic carbocycles. The predicted molar refractivity (Wildman–Crippen MR) is 29.8 cm³/mol. The Balaban J connectivity index is 2.45. The Morgan fingerprint density at radius 1 is 1.75 bits per heavy atom. The summed E-state index contributed by atoms with van der Waals surface area (Å²) in [6.45, 7) is 2.10. The van der Waals surface area contributed by atoms with Gasteiger partial charge in [0.05, 0.1) is 6.54 Å². The number of hydrogen-bond acceptors (Lipinski definition) is 3. The van der Waals surface area contributed by atoms with Crippen molar-refractivity contribution < 1.29 is 5.11 Å². The molecular weight excluding hydrogens is 104 g/mol. The Morgan fingerprint density at radius 2 is 2.50 bits per heavy atom. The zero-order valence-electron chi connectivity index (χ0n) is 4.92. The second-order valence-electron chi connectivity index (χ2n) is 2.01. The number of hydrogen-bond donors (Lipinski definition) is 0. The Bertz CT molecular complexity index is 111. The van der Waals surface area contributed by atoms with Crippen molar-refractivity contribution in [3.05, 3.63) is 0 Å². The smallest absolute Gasteiger partial charge is 0.0506 e. The van der Waals surface area contributed by atoms with Gasteiger partial charge in [0.15, 0.2) is 0 Å². The highest BCUT2D eigenvalue weighted by Gasteiger charge is 2.00. The lowest BCUT2D eigenvalue weighted by Gasteiger charge is -2.24. The van der Waals surface area contributed by atoms with Crippen molar-refractivity contribution in [3.63, 3.8) is 0 Å². The van der Waals surface area contributed by atoms with Gasteiger partial charge in [0.25, 0.3) is 0 Å². The van der Waals surface area contributed by atoms with Crippen molar-refractivity contribution in [2.45, 2.75) is 0 Å². The maximum absolute atomic E-state index is 10.5. The van der Waals surface area contributed by atoms with Gasteiger partial charge in [-0.25, -0.2) is 0 Å². The zero-order valence-corrected chi connectivity index (χ0v) is 4.92. The van der Waals surface area contributed by atoms with Crippen LogP contribution in [0.4, 0.5) is 0 Å². The van der Waals surface area contributed by atoms with E-state index in [9.17, 15) is 5.11 Å². The molecule has 1 rings (SSSR count). The van der Waals surface area contributed by atoms with Crippen molar-refractivity contribution in [3.8, 4) is 0 Å². The summed E-state index contributed by atoms with van der Waals surface area (Å²) in [6, 6.07) is 0. The van der Waals surface area contributed by atoms with Gasteiger partial charge in [0.2, 0.25) is 0 Å². The summed E-state index contributed by atoms with van der Waals surface area (Å²) in [6.07, 6.45) is 0. The van der Waals surface area contributed by atoms with Crippen LogP contribution in [0, 0.1) is 0 Å². The van der Waals surface area contributed by atoms with E-state index in [1.54, 1.807) is 0 Å². The lowest BCUT2D eigenvalue weighted by Crippen LogP contribution is -2.39. The molecular formula is C5H9N2O-. The Labute approximate surface area is 48.6 Å². The zero-order chi connectivity index (χ0) is 5.98. The fourth-order valence-electron chi connectivity index (χ4n) is 0.705. The summed E-state index contributed by atoms with van der Waals surface area (Å²) in [5.74, 6) is 0.0127. The molecule has 3 heteroatoms. The van der Waals surface area contributed by atoms with Gasteiger partial charge in [-0.15, -0.1) is 0 Å². The fraction of sp³-hybridized carbons (Fsp3) is 0.800. The normalized spacial score (nSPS) is 22.9. The summed E-state index contributed by atoms with van der Waals surface area (Å²) in [5.41, 5.74) is 0. The largest absolute Gasteiger partial charge is 0.861 e. The van der Waals surface area contributed by atoms with Crippen molar-refractivity contribution in [2.24, 2.45) is 4.99 Å². The third-order valence-electron chi connectivity index (χ3n) is 1.18. The minimum absolute atomic E-state index is 0.0127. The second-order valence-corrected chi connectivity index (χ2v) is 2.01. The minimum Gasteiger partial charge on any atom is -0.861 e. The first-order valence-corrected chi connectivity index (χ1v) is 2.68. The molecule has 1 heterocycles. The highest BCUT2D eigenvalue weighted by molar-refractivity contribution is 5.74. The average Bonchev–Trinajstić information content (AvgIpc) is 1.64. The molecule has 0 fully saturated rings. The summed E-state index contributed by atoms with van der Waals surface area (Å²) in [5, 5.41) is 10.5. The molecule has 8 heavy (non-hydrogen) atoms. The molecule has 0 saturated carbocycles. The van der Waals surface area contributed by atoms with Crippen LogP contribution in [-0.4, -0.2) is 37.5 Å². The Hall–Kier alpha value is -0.570. The lowest BCUT2D eigenvalue weighted by molar-refractivity contribution is -0.220. The Kier molecular flexibility index (Phi) is 1.48. The first-order chi connectivity index (χ1) is 3.79. The molecule has 0 unspecified atom stereocenters. The van der Waals surface area contributed by atoms with Crippen LogP contribution in [0.2, 0.25) is 0 Å². The molecule has 0 bridgehead atoms. The molecule has 1 aliphatic heterocycles. The van der Waals surface area contributed by atoms with Gasteiger partial charge < -0.3 is 10.1 Å². The van der Waals surface area contributed by atoms with Crippen LogP contribution in [-0.2, 0) is 0 Å². The number of likely N-dealkylation sites (N-methyl/N-ethyl adjacent to an activating group) is 1. The molecule has 0 aliphatic carbocycles. The standard InChI is InChI=1S/C5H10N2O/c1-7-3-2-6-5(8)4-7/h2-4H2,1H3,(H,6,8)/p-1. The van der Waals surface area contributed by atoms with Gasteiger partial charge in [-0.1, -0.05) is 0 Å². The van der Waals surface area contributed by atoms with Crippen LogP contribution in [0.15, 0.2) is 4.99 Å². The molecule has 0 saturated heterocycles. The first kappa shape index (κ1) is 5.56. The molecule has 46 valence electrons. The van der Waals surface area contributed by atoms with Gasteiger partial charge in [0.1, 0.15) is 0 Å². The molecule has 1 aliphatic rings. The van der Waals surface area contributed by atoms with Crippen LogP contribution in [0.25, 0.3) is 0 Å². The monoisotopic (exact) mass is 113 g/mol. The van der Waals surface area contributed by atoms with E-state index < -0.39 is 0 Å². The number of aliphatic imine (C=N–C) groups is 1.